The molecular formula is C5H11ClOSi. The van der Waals surface area contributed by atoms with Crippen molar-refractivity contribution in [3.8, 4) is 0 Å². The fourth-order valence-corrected chi connectivity index (χ4v) is 2.56. The van der Waals surface area contributed by atoms with Crippen molar-refractivity contribution in [2.24, 2.45) is 0 Å². The Morgan fingerprint density at radius 1 is 1.75 bits per heavy atom. The molecule has 0 saturated carbocycles. The van der Waals surface area contributed by atoms with Crippen molar-refractivity contribution in [2.75, 3.05) is 6.61 Å². The summed E-state index contributed by atoms with van der Waals surface area (Å²) >= 11 is 6.03. The SMILES string of the molecule is C[Si](C)(Cl)CC1CO1. The fraction of sp³-hybridized carbons (Fsp3) is 1.00. The Labute approximate surface area is 55.7 Å². The van der Waals surface area contributed by atoms with Crippen LogP contribution in [0.1, 0.15) is 0 Å². The van der Waals surface area contributed by atoms with E-state index in [9.17, 15) is 0 Å². The van der Waals surface area contributed by atoms with Gasteiger partial charge in [-0.05, 0) is 6.04 Å². The maximum atomic E-state index is 6.03. The summed E-state index contributed by atoms with van der Waals surface area (Å²) in [4.78, 5) is 0. The quantitative estimate of drug-likeness (QED) is 0.333. The Morgan fingerprint density at radius 2 is 2.25 bits per heavy atom. The van der Waals surface area contributed by atoms with E-state index in [0.29, 0.717) is 6.10 Å². The van der Waals surface area contributed by atoms with Crippen molar-refractivity contribution in [1.29, 1.82) is 0 Å². The molecule has 1 saturated heterocycles. The number of halogens is 1. The third kappa shape index (κ3) is 2.70. The van der Waals surface area contributed by atoms with Gasteiger partial charge in [-0.25, -0.2) is 0 Å². The van der Waals surface area contributed by atoms with Crippen LogP contribution in [0, 0.1) is 0 Å². The molecule has 0 amide bonds. The molecule has 0 aromatic carbocycles. The Kier molecular flexibility index (Phi) is 1.65. The molecule has 0 radical (unpaired) electrons. The van der Waals surface area contributed by atoms with Crippen LogP contribution >= 0.6 is 11.1 Å². The van der Waals surface area contributed by atoms with E-state index in [2.05, 4.69) is 13.1 Å². The van der Waals surface area contributed by atoms with E-state index >= 15 is 0 Å². The van der Waals surface area contributed by atoms with Gasteiger partial charge in [-0.15, -0.1) is 0 Å². The van der Waals surface area contributed by atoms with E-state index < -0.39 is 7.38 Å². The molecule has 1 nitrogen and oxygen atoms in total. The van der Waals surface area contributed by atoms with Crippen LogP contribution in [0.4, 0.5) is 0 Å². The maximum absolute atomic E-state index is 6.03. The van der Waals surface area contributed by atoms with E-state index in [1.165, 1.54) is 0 Å². The minimum atomic E-state index is -1.31. The van der Waals surface area contributed by atoms with Crippen LogP contribution in [0.2, 0.25) is 19.1 Å². The van der Waals surface area contributed by atoms with Gasteiger partial charge in [-0.1, -0.05) is 13.1 Å². The third-order valence-electron chi connectivity index (χ3n) is 1.12. The third-order valence-corrected chi connectivity index (χ3v) is 3.00. The largest absolute Gasteiger partial charge is 0.373 e. The van der Waals surface area contributed by atoms with Gasteiger partial charge in [-0.3, -0.25) is 0 Å². The van der Waals surface area contributed by atoms with E-state index in [4.69, 9.17) is 15.8 Å². The van der Waals surface area contributed by atoms with Gasteiger partial charge in [0.05, 0.1) is 12.7 Å². The van der Waals surface area contributed by atoms with Crippen LogP contribution in [0.3, 0.4) is 0 Å². The van der Waals surface area contributed by atoms with Crippen LogP contribution in [-0.2, 0) is 4.74 Å². The zero-order valence-electron chi connectivity index (χ0n) is 5.28. The van der Waals surface area contributed by atoms with Gasteiger partial charge in [0.2, 0.25) is 0 Å². The monoisotopic (exact) mass is 150 g/mol. The average molecular weight is 151 g/mol. The van der Waals surface area contributed by atoms with Gasteiger partial charge in [0, 0.05) is 0 Å². The second-order valence-corrected chi connectivity index (χ2v) is 9.79. The lowest BCUT2D eigenvalue weighted by Crippen LogP contribution is -2.18. The van der Waals surface area contributed by atoms with E-state index in [0.717, 1.165) is 12.7 Å². The lowest BCUT2D eigenvalue weighted by Gasteiger charge is -2.08. The van der Waals surface area contributed by atoms with Crippen molar-refractivity contribution in [3.63, 3.8) is 0 Å². The van der Waals surface area contributed by atoms with Crippen molar-refractivity contribution in [3.05, 3.63) is 0 Å². The van der Waals surface area contributed by atoms with Crippen molar-refractivity contribution in [2.45, 2.75) is 25.2 Å². The molecule has 0 spiro atoms. The zero-order chi connectivity index (χ0) is 6.20. The summed E-state index contributed by atoms with van der Waals surface area (Å²) in [5, 5.41) is 0. The van der Waals surface area contributed by atoms with E-state index in [1.54, 1.807) is 0 Å². The van der Waals surface area contributed by atoms with Gasteiger partial charge in [0.25, 0.3) is 0 Å². The maximum Gasteiger partial charge on any atom is 0.153 e. The van der Waals surface area contributed by atoms with Gasteiger partial charge in [-0.2, -0.15) is 11.1 Å². The molecule has 0 N–H and O–H groups in total. The van der Waals surface area contributed by atoms with Gasteiger partial charge < -0.3 is 4.74 Å². The van der Waals surface area contributed by atoms with E-state index in [-0.39, 0.29) is 0 Å². The lowest BCUT2D eigenvalue weighted by atomic mass is 10.6. The first kappa shape index (κ1) is 6.58. The second-order valence-electron chi connectivity index (χ2n) is 2.88. The Balaban J connectivity index is 2.16. The molecule has 0 aromatic rings. The molecule has 8 heavy (non-hydrogen) atoms. The van der Waals surface area contributed by atoms with Crippen LogP contribution < -0.4 is 0 Å². The number of hydrogen-bond acceptors (Lipinski definition) is 1. The highest BCUT2D eigenvalue weighted by Crippen LogP contribution is 2.24. The first-order valence-corrected chi connectivity index (χ1v) is 7.10. The number of rotatable bonds is 2. The van der Waals surface area contributed by atoms with Crippen molar-refractivity contribution in [1.82, 2.24) is 0 Å². The molecule has 1 aliphatic heterocycles. The molecule has 0 aromatic heterocycles. The first-order valence-electron chi connectivity index (χ1n) is 2.88. The van der Waals surface area contributed by atoms with Crippen LogP contribution in [0.25, 0.3) is 0 Å². The summed E-state index contributed by atoms with van der Waals surface area (Å²) < 4.78 is 5.03. The molecule has 1 atom stereocenters. The van der Waals surface area contributed by atoms with Crippen LogP contribution in [0.15, 0.2) is 0 Å². The highest BCUT2D eigenvalue weighted by atomic mass is 35.6. The summed E-state index contributed by atoms with van der Waals surface area (Å²) in [5.74, 6) is 0. The Hall–Kier alpha value is 0.467. The summed E-state index contributed by atoms with van der Waals surface area (Å²) in [6, 6.07) is 1.12. The van der Waals surface area contributed by atoms with Crippen LogP contribution in [0.5, 0.6) is 0 Å². The highest BCUT2D eigenvalue weighted by molar-refractivity contribution is 7.19. The topological polar surface area (TPSA) is 12.5 Å². The Morgan fingerprint density at radius 3 is 2.38 bits per heavy atom. The first-order chi connectivity index (χ1) is 3.58. The molecule has 0 bridgehead atoms. The molecule has 48 valence electrons. The van der Waals surface area contributed by atoms with Crippen molar-refractivity contribution < 1.29 is 4.74 Å². The number of ether oxygens (including phenoxy) is 1. The molecular weight excluding hydrogens is 140 g/mol. The van der Waals surface area contributed by atoms with Crippen LogP contribution in [-0.4, -0.2) is 20.1 Å². The molecule has 0 aliphatic carbocycles. The summed E-state index contributed by atoms with van der Waals surface area (Å²) in [6.45, 7) is 5.25. The predicted octanol–water partition coefficient (Wildman–Crippen LogP) is 1.83. The van der Waals surface area contributed by atoms with Gasteiger partial charge in [0.1, 0.15) is 0 Å². The molecule has 1 aliphatic rings. The number of hydrogen-bond donors (Lipinski definition) is 0. The zero-order valence-corrected chi connectivity index (χ0v) is 7.03. The standard InChI is InChI=1S/C5H11ClOSi/c1-8(2,6)4-5-3-7-5/h5H,3-4H2,1-2H3. The molecule has 1 fully saturated rings. The van der Waals surface area contributed by atoms with Gasteiger partial charge >= 0.3 is 0 Å². The highest BCUT2D eigenvalue weighted by Gasteiger charge is 2.31. The normalized spacial score (nSPS) is 28.1. The Bertz CT molecular complexity index is 84.9. The molecule has 1 unspecified atom stereocenters. The fourth-order valence-electron chi connectivity index (χ4n) is 0.727. The predicted molar refractivity (Wildman–Crippen MR) is 37.9 cm³/mol. The minimum absolute atomic E-state index is 0.522. The summed E-state index contributed by atoms with van der Waals surface area (Å²) in [7, 11) is -1.31. The molecule has 1 rings (SSSR count). The lowest BCUT2D eigenvalue weighted by molar-refractivity contribution is 0.422. The number of epoxide rings is 1. The van der Waals surface area contributed by atoms with Gasteiger partial charge in [0.15, 0.2) is 7.38 Å². The van der Waals surface area contributed by atoms with Crippen molar-refractivity contribution >= 4 is 18.5 Å². The summed E-state index contributed by atoms with van der Waals surface area (Å²) in [5.41, 5.74) is 0. The minimum Gasteiger partial charge on any atom is -0.373 e. The molecule has 1 heterocycles. The molecule has 3 heteroatoms. The van der Waals surface area contributed by atoms with E-state index in [1.807, 2.05) is 0 Å². The summed E-state index contributed by atoms with van der Waals surface area (Å²) in [6.07, 6.45) is 0.522. The average Bonchev–Trinajstić information content (AvgIpc) is 2.12. The smallest absolute Gasteiger partial charge is 0.153 e. The second kappa shape index (κ2) is 2.01.